The molecule has 2 N–H and O–H groups in total. The number of anilines is 2. The molecule has 0 aliphatic heterocycles. The third-order valence-electron chi connectivity index (χ3n) is 5.60. The van der Waals surface area contributed by atoms with Crippen LogP contribution in [0.5, 0.6) is 0 Å². The fraction of sp³-hybridized carbons (Fsp3) is 0.0714. The third-order valence-corrected chi connectivity index (χ3v) is 6.91. The molecule has 4 aromatic carbocycles. The number of carbonyl (C=O) groups is 1. The van der Waals surface area contributed by atoms with Gasteiger partial charge in [0, 0.05) is 27.0 Å². The molecule has 1 unspecified atom stereocenters. The molecule has 0 spiro atoms. The first kappa shape index (κ1) is 22.2. The second-order valence-corrected chi connectivity index (χ2v) is 9.76. The van der Waals surface area contributed by atoms with Crippen molar-refractivity contribution in [2.45, 2.75) is 17.1 Å². The van der Waals surface area contributed by atoms with Gasteiger partial charge in [-0.15, -0.1) is 11.8 Å². The highest BCUT2D eigenvalue weighted by Gasteiger charge is 2.21. The minimum Gasteiger partial charge on any atom is -0.332 e. The minimum absolute atomic E-state index is 0.0674. The summed E-state index contributed by atoms with van der Waals surface area (Å²) in [5, 5.41) is 8.83. The first-order valence-electron chi connectivity index (χ1n) is 11.0. The molecule has 5 aromatic rings. The van der Waals surface area contributed by atoms with Gasteiger partial charge in [0.2, 0.25) is 5.91 Å². The number of rotatable bonds is 5. The standard InChI is InChI=1S/C28H23N3OS2/c1-19(27(32)31-25-13-7-5-11-23(25)24-12-6-8-14-26(24)31)34-22-17-15-21(16-18-22)30-28(33)29-20-9-3-2-4-10-20/h2-19H,1H3,(H2,29,30,33). The Labute approximate surface area is 208 Å². The maximum Gasteiger partial charge on any atom is 0.244 e. The number of hydrogen-bond donors (Lipinski definition) is 2. The summed E-state index contributed by atoms with van der Waals surface area (Å²) in [5.41, 5.74) is 3.71. The zero-order valence-corrected chi connectivity index (χ0v) is 20.2. The molecule has 0 saturated carbocycles. The molecule has 34 heavy (non-hydrogen) atoms. The Hall–Kier alpha value is -3.61. The molecule has 4 nitrogen and oxygen atoms in total. The zero-order valence-electron chi connectivity index (χ0n) is 18.6. The summed E-state index contributed by atoms with van der Waals surface area (Å²) in [5.74, 6) is 0.0674. The number of hydrogen-bond acceptors (Lipinski definition) is 3. The summed E-state index contributed by atoms with van der Waals surface area (Å²) < 4.78 is 1.85. The number of benzene rings is 4. The van der Waals surface area contributed by atoms with Crippen molar-refractivity contribution < 1.29 is 4.79 Å². The van der Waals surface area contributed by atoms with Crippen molar-refractivity contribution in [3.8, 4) is 0 Å². The van der Waals surface area contributed by atoms with Crippen molar-refractivity contribution in [2.75, 3.05) is 10.6 Å². The summed E-state index contributed by atoms with van der Waals surface area (Å²) in [7, 11) is 0. The van der Waals surface area contributed by atoms with E-state index >= 15 is 0 Å². The number of para-hydroxylation sites is 3. The largest absolute Gasteiger partial charge is 0.332 e. The van der Waals surface area contributed by atoms with Gasteiger partial charge >= 0.3 is 0 Å². The van der Waals surface area contributed by atoms with Crippen molar-refractivity contribution in [3.05, 3.63) is 103 Å². The van der Waals surface area contributed by atoms with Gasteiger partial charge < -0.3 is 10.6 Å². The maximum atomic E-state index is 13.5. The second-order valence-electron chi connectivity index (χ2n) is 7.94. The Balaban J connectivity index is 1.30. The predicted octanol–water partition coefficient (Wildman–Crippen LogP) is 7.42. The molecular weight excluding hydrogens is 458 g/mol. The fourth-order valence-electron chi connectivity index (χ4n) is 4.03. The van der Waals surface area contributed by atoms with Crippen molar-refractivity contribution in [3.63, 3.8) is 0 Å². The van der Waals surface area contributed by atoms with E-state index in [2.05, 4.69) is 22.8 Å². The van der Waals surface area contributed by atoms with Gasteiger partial charge in [0.15, 0.2) is 5.11 Å². The minimum atomic E-state index is -0.251. The van der Waals surface area contributed by atoms with Gasteiger partial charge in [-0.3, -0.25) is 9.36 Å². The Bertz CT molecular complexity index is 1420. The molecule has 168 valence electrons. The number of thiocarbonyl (C=S) groups is 1. The quantitative estimate of drug-likeness (QED) is 0.202. The number of aromatic nitrogens is 1. The lowest BCUT2D eigenvalue weighted by Crippen LogP contribution is -2.21. The summed E-state index contributed by atoms with van der Waals surface area (Å²) in [6.45, 7) is 1.96. The SMILES string of the molecule is CC(Sc1ccc(NC(=S)Nc2ccccc2)cc1)C(=O)n1c2ccccc2c2ccccc21. The van der Waals surface area contributed by atoms with E-state index in [1.165, 1.54) is 0 Å². The average Bonchev–Trinajstić information content (AvgIpc) is 3.20. The van der Waals surface area contributed by atoms with E-state index < -0.39 is 0 Å². The molecular formula is C28H23N3OS2. The number of fused-ring (bicyclic) bond motifs is 3. The highest BCUT2D eigenvalue weighted by molar-refractivity contribution is 8.00. The van der Waals surface area contributed by atoms with E-state index in [1.807, 2.05) is 102 Å². The number of carbonyl (C=O) groups excluding carboxylic acids is 1. The van der Waals surface area contributed by atoms with Gasteiger partial charge in [0.05, 0.1) is 16.3 Å². The Morgan fingerprint density at radius 1 is 0.735 bits per heavy atom. The van der Waals surface area contributed by atoms with Crippen LogP contribution in [0, 0.1) is 0 Å². The Morgan fingerprint density at radius 3 is 1.82 bits per heavy atom. The van der Waals surface area contributed by atoms with Gasteiger partial charge in [-0.25, -0.2) is 0 Å². The van der Waals surface area contributed by atoms with Gasteiger partial charge in [-0.05, 0) is 67.7 Å². The van der Waals surface area contributed by atoms with Crippen LogP contribution in [0.1, 0.15) is 11.7 Å². The monoisotopic (exact) mass is 481 g/mol. The van der Waals surface area contributed by atoms with Crippen molar-refractivity contribution >= 4 is 68.2 Å². The molecule has 0 aliphatic rings. The molecule has 0 saturated heterocycles. The summed E-state index contributed by atoms with van der Waals surface area (Å²) in [4.78, 5) is 14.6. The van der Waals surface area contributed by atoms with E-state index in [1.54, 1.807) is 11.8 Å². The van der Waals surface area contributed by atoms with Gasteiger partial charge in [-0.1, -0.05) is 54.6 Å². The average molecular weight is 482 g/mol. The van der Waals surface area contributed by atoms with E-state index in [9.17, 15) is 4.79 Å². The zero-order chi connectivity index (χ0) is 23.5. The molecule has 0 radical (unpaired) electrons. The maximum absolute atomic E-state index is 13.5. The molecule has 1 atom stereocenters. The molecule has 1 aromatic heterocycles. The molecule has 6 heteroatoms. The Kier molecular flexibility index (Phi) is 6.34. The van der Waals surface area contributed by atoms with Crippen LogP contribution in [0.25, 0.3) is 21.8 Å². The molecule has 0 amide bonds. The van der Waals surface area contributed by atoms with Crippen LogP contribution in [0.4, 0.5) is 11.4 Å². The fourth-order valence-corrected chi connectivity index (χ4v) is 5.17. The van der Waals surface area contributed by atoms with Crippen LogP contribution in [-0.2, 0) is 0 Å². The predicted molar refractivity (Wildman–Crippen MR) is 148 cm³/mol. The van der Waals surface area contributed by atoms with Gasteiger partial charge in [0.25, 0.3) is 0 Å². The lowest BCUT2D eigenvalue weighted by Gasteiger charge is -2.14. The van der Waals surface area contributed by atoms with Crippen LogP contribution < -0.4 is 10.6 Å². The van der Waals surface area contributed by atoms with E-state index in [0.717, 1.165) is 38.1 Å². The lowest BCUT2D eigenvalue weighted by atomic mass is 10.2. The van der Waals surface area contributed by atoms with E-state index in [4.69, 9.17) is 12.2 Å². The second kappa shape index (κ2) is 9.71. The highest BCUT2D eigenvalue weighted by atomic mass is 32.2. The van der Waals surface area contributed by atoms with Crippen LogP contribution in [-0.4, -0.2) is 20.8 Å². The van der Waals surface area contributed by atoms with Crippen LogP contribution in [0.15, 0.2) is 108 Å². The molecule has 5 rings (SSSR count). The van der Waals surface area contributed by atoms with Crippen LogP contribution in [0.2, 0.25) is 0 Å². The Morgan fingerprint density at radius 2 is 1.24 bits per heavy atom. The first-order chi connectivity index (χ1) is 16.6. The topological polar surface area (TPSA) is 46.1 Å². The van der Waals surface area contributed by atoms with Crippen LogP contribution in [0.3, 0.4) is 0 Å². The van der Waals surface area contributed by atoms with E-state index in [0.29, 0.717) is 5.11 Å². The van der Waals surface area contributed by atoms with E-state index in [-0.39, 0.29) is 11.2 Å². The van der Waals surface area contributed by atoms with Gasteiger partial charge in [0.1, 0.15) is 0 Å². The summed E-state index contributed by atoms with van der Waals surface area (Å²) in [6, 6.07) is 33.9. The first-order valence-corrected chi connectivity index (χ1v) is 12.3. The van der Waals surface area contributed by atoms with Crippen molar-refractivity contribution in [1.82, 2.24) is 4.57 Å². The summed E-state index contributed by atoms with van der Waals surface area (Å²) >= 11 is 6.95. The van der Waals surface area contributed by atoms with Crippen LogP contribution >= 0.6 is 24.0 Å². The van der Waals surface area contributed by atoms with Crippen molar-refractivity contribution in [2.24, 2.45) is 0 Å². The normalized spacial score (nSPS) is 11.9. The third kappa shape index (κ3) is 4.55. The number of nitrogens with zero attached hydrogens (tertiary/aromatic N) is 1. The molecule has 0 fully saturated rings. The number of nitrogens with one attached hydrogen (secondary N) is 2. The lowest BCUT2D eigenvalue weighted by molar-refractivity contribution is 0.0925. The number of thioether (sulfide) groups is 1. The molecule has 1 heterocycles. The van der Waals surface area contributed by atoms with Gasteiger partial charge in [-0.2, -0.15) is 0 Å². The molecule has 0 bridgehead atoms. The summed E-state index contributed by atoms with van der Waals surface area (Å²) in [6.07, 6.45) is 0. The highest BCUT2D eigenvalue weighted by Crippen LogP contribution is 2.32. The smallest absolute Gasteiger partial charge is 0.244 e. The molecule has 0 aliphatic carbocycles. The van der Waals surface area contributed by atoms with Crippen molar-refractivity contribution in [1.29, 1.82) is 0 Å².